The molecule has 188 valence electrons. The van der Waals surface area contributed by atoms with Gasteiger partial charge >= 0.3 is 0 Å². The zero-order chi connectivity index (χ0) is 25.6. The van der Waals surface area contributed by atoms with Crippen molar-refractivity contribution < 1.29 is 0 Å². The number of hydrogen-bond donors (Lipinski definition) is 1. The average molecular weight is 501 g/mol. The first-order valence-corrected chi connectivity index (χ1v) is 12.9. The topological polar surface area (TPSA) is 76.2 Å². The summed E-state index contributed by atoms with van der Waals surface area (Å²) in [5.74, 6) is 0. The highest BCUT2D eigenvalue weighted by atomic mass is 15.3. The minimum Gasteiger partial charge on any atom is -0.369 e. The zero-order valence-electron chi connectivity index (χ0n) is 21.5. The summed E-state index contributed by atoms with van der Waals surface area (Å²) < 4.78 is 3.75. The number of piperazine rings is 1. The second-order valence-electron chi connectivity index (χ2n) is 9.81. The van der Waals surface area contributed by atoms with Gasteiger partial charge in [0.2, 0.25) is 0 Å². The lowest BCUT2D eigenvalue weighted by Gasteiger charge is -2.29. The van der Waals surface area contributed by atoms with E-state index in [1.54, 1.807) is 0 Å². The van der Waals surface area contributed by atoms with E-state index in [2.05, 4.69) is 75.8 Å². The lowest BCUT2D eigenvalue weighted by atomic mass is 10.0. The molecule has 8 heteroatoms. The molecule has 5 heterocycles. The number of hydrogen-bond acceptors (Lipinski definition) is 6. The first-order chi connectivity index (χ1) is 18.6. The first kappa shape index (κ1) is 22.6. The summed E-state index contributed by atoms with van der Waals surface area (Å²) in [6.45, 7) is 6.20. The summed E-state index contributed by atoms with van der Waals surface area (Å²) in [5, 5.41) is 14.0. The third-order valence-corrected chi connectivity index (χ3v) is 7.37. The van der Waals surface area contributed by atoms with Crippen molar-refractivity contribution in [2.75, 3.05) is 31.1 Å². The van der Waals surface area contributed by atoms with Gasteiger partial charge in [-0.25, -0.2) is 9.50 Å². The Hall–Kier alpha value is -4.56. The fourth-order valence-corrected chi connectivity index (χ4v) is 5.35. The molecule has 7 rings (SSSR count). The molecule has 6 aromatic rings. The molecule has 38 heavy (non-hydrogen) atoms. The van der Waals surface area contributed by atoms with Crippen LogP contribution >= 0.6 is 0 Å². The van der Waals surface area contributed by atoms with Gasteiger partial charge in [-0.15, -0.1) is 0 Å². The molecule has 0 amide bonds. The standard InChI is InChI=1S/C30H28N8/c1-20-26(21-3-6-23(7-4-21)37-15-12-31-13-16-37)18-30-33-19-29(38(30)34-20)25-9-11-32-28-17-22(5-8-24(25)28)27-10-14-36(2)35-27/h3-11,14,17-19,31H,12-13,15-16H2,1-2H3. The number of benzene rings is 2. The van der Waals surface area contributed by atoms with Crippen LogP contribution in [-0.4, -0.2) is 55.5 Å². The maximum Gasteiger partial charge on any atom is 0.154 e. The van der Waals surface area contributed by atoms with E-state index in [4.69, 9.17) is 10.1 Å². The van der Waals surface area contributed by atoms with E-state index in [1.807, 2.05) is 47.0 Å². The fraction of sp³-hybridized carbons (Fsp3) is 0.200. The lowest BCUT2D eigenvalue weighted by Crippen LogP contribution is -2.43. The molecule has 0 aliphatic carbocycles. The predicted molar refractivity (Wildman–Crippen MR) is 151 cm³/mol. The molecule has 1 aliphatic heterocycles. The number of pyridine rings is 1. The van der Waals surface area contributed by atoms with E-state index < -0.39 is 0 Å². The van der Waals surface area contributed by atoms with Crippen molar-refractivity contribution in [3.05, 3.63) is 84.9 Å². The quantitative estimate of drug-likeness (QED) is 0.377. The highest BCUT2D eigenvalue weighted by molar-refractivity contribution is 5.95. The van der Waals surface area contributed by atoms with E-state index in [1.165, 1.54) is 5.69 Å². The molecule has 0 atom stereocenters. The second kappa shape index (κ2) is 9.08. The van der Waals surface area contributed by atoms with Crippen molar-refractivity contribution in [1.82, 2.24) is 34.7 Å². The third kappa shape index (κ3) is 3.90. The molecule has 0 bridgehead atoms. The third-order valence-electron chi connectivity index (χ3n) is 7.37. The van der Waals surface area contributed by atoms with Gasteiger partial charge in [0.15, 0.2) is 5.65 Å². The van der Waals surface area contributed by atoms with Gasteiger partial charge in [-0.2, -0.15) is 10.2 Å². The summed E-state index contributed by atoms with van der Waals surface area (Å²) in [5.41, 5.74) is 10.2. The molecule has 0 spiro atoms. The van der Waals surface area contributed by atoms with Crippen molar-refractivity contribution in [3.8, 4) is 33.6 Å². The molecule has 2 aromatic carbocycles. The number of imidazole rings is 1. The Kier molecular flexibility index (Phi) is 5.40. The molecule has 0 unspecified atom stereocenters. The van der Waals surface area contributed by atoms with Crippen LogP contribution in [0.15, 0.2) is 79.3 Å². The summed E-state index contributed by atoms with van der Waals surface area (Å²) >= 11 is 0. The molecule has 1 fully saturated rings. The Morgan fingerprint density at radius 2 is 1.63 bits per heavy atom. The molecule has 1 N–H and O–H groups in total. The van der Waals surface area contributed by atoms with Crippen LogP contribution in [0.25, 0.3) is 50.2 Å². The molecule has 1 aliphatic rings. The number of aromatic nitrogens is 6. The monoisotopic (exact) mass is 500 g/mol. The molecule has 8 nitrogen and oxygen atoms in total. The van der Waals surface area contributed by atoms with Gasteiger partial charge in [-0.05, 0) is 48.9 Å². The van der Waals surface area contributed by atoms with Crippen molar-refractivity contribution in [3.63, 3.8) is 0 Å². The van der Waals surface area contributed by atoms with E-state index in [0.29, 0.717) is 0 Å². The summed E-state index contributed by atoms with van der Waals surface area (Å²) in [7, 11) is 1.93. The van der Waals surface area contributed by atoms with Gasteiger partial charge in [-0.1, -0.05) is 24.3 Å². The van der Waals surface area contributed by atoms with Gasteiger partial charge < -0.3 is 10.2 Å². The maximum atomic E-state index is 4.98. The van der Waals surface area contributed by atoms with Crippen molar-refractivity contribution in [2.24, 2.45) is 7.05 Å². The Bertz CT molecular complexity index is 1770. The zero-order valence-corrected chi connectivity index (χ0v) is 21.5. The average Bonchev–Trinajstić information content (AvgIpc) is 3.58. The van der Waals surface area contributed by atoms with Crippen molar-refractivity contribution in [2.45, 2.75) is 6.92 Å². The van der Waals surface area contributed by atoms with Crippen molar-refractivity contribution >= 4 is 22.2 Å². The van der Waals surface area contributed by atoms with Crippen LogP contribution < -0.4 is 10.2 Å². The first-order valence-electron chi connectivity index (χ1n) is 12.9. The van der Waals surface area contributed by atoms with E-state index in [-0.39, 0.29) is 0 Å². The van der Waals surface area contributed by atoms with Gasteiger partial charge in [0.25, 0.3) is 0 Å². The highest BCUT2D eigenvalue weighted by Crippen LogP contribution is 2.32. The van der Waals surface area contributed by atoms with Crippen LogP contribution in [0.5, 0.6) is 0 Å². The van der Waals surface area contributed by atoms with E-state index in [9.17, 15) is 0 Å². The molecule has 1 saturated heterocycles. The fourth-order valence-electron chi connectivity index (χ4n) is 5.35. The smallest absolute Gasteiger partial charge is 0.154 e. The Labute approximate surface area is 220 Å². The van der Waals surface area contributed by atoms with Crippen LogP contribution in [0.1, 0.15) is 5.69 Å². The van der Waals surface area contributed by atoms with Crippen LogP contribution in [-0.2, 0) is 7.05 Å². The minimum atomic E-state index is 0.821. The number of nitrogens with zero attached hydrogens (tertiary/aromatic N) is 7. The number of rotatable bonds is 4. The van der Waals surface area contributed by atoms with Gasteiger partial charge in [0, 0.05) is 73.4 Å². The van der Waals surface area contributed by atoms with Crippen LogP contribution in [0.3, 0.4) is 0 Å². The normalized spacial score (nSPS) is 14.0. The van der Waals surface area contributed by atoms with Crippen LogP contribution in [0.2, 0.25) is 0 Å². The maximum absolute atomic E-state index is 4.98. The van der Waals surface area contributed by atoms with Gasteiger partial charge in [-0.3, -0.25) is 9.67 Å². The van der Waals surface area contributed by atoms with Gasteiger partial charge in [0.1, 0.15) is 0 Å². The molecule has 4 aromatic heterocycles. The number of anilines is 1. The van der Waals surface area contributed by atoms with Crippen LogP contribution in [0.4, 0.5) is 5.69 Å². The molecule has 0 saturated carbocycles. The number of nitrogens with one attached hydrogen (secondary N) is 1. The number of fused-ring (bicyclic) bond motifs is 2. The largest absolute Gasteiger partial charge is 0.369 e. The summed E-state index contributed by atoms with van der Waals surface area (Å²) in [6.07, 6.45) is 5.70. The second-order valence-corrected chi connectivity index (χ2v) is 9.81. The lowest BCUT2D eigenvalue weighted by molar-refractivity contribution is 0.589. The molecule has 0 radical (unpaired) electrons. The predicted octanol–water partition coefficient (Wildman–Crippen LogP) is 4.73. The summed E-state index contributed by atoms with van der Waals surface area (Å²) in [6, 6.07) is 21.3. The number of aryl methyl sites for hydroxylation is 2. The van der Waals surface area contributed by atoms with Crippen molar-refractivity contribution in [1.29, 1.82) is 0 Å². The van der Waals surface area contributed by atoms with E-state index >= 15 is 0 Å². The van der Waals surface area contributed by atoms with Gasteiger partial charge in [0.05, 0.1) is 28.8 Å². The minimum absolute atomic E-state index is 0.821. The molecular weight excluding hydrogens is 472 g/mol. The SMILES string of the molecule is Cc1nn2c(-c3ccnc4cc(-c5ccn(C)n5)ccc34)cnc2cc1-c1ccc(N2CCNCC2)cc1. The Balaban J connectivity index is 1.25. The van der Waals surface area contributed by atoms with E-state index in [0.717, 1.165) is 82.1 Å². The van der Waals surface area contributed by atoms with Crippen LogP contribution in [0, 0.1) is 6.92 Å². The Morgan fingerprint density at radius 3 is 2.42 bits per heavy atom. The highest BCUT2D eigenvalue weighted by Gasteiger charge is 2.16. The summed E-state index contributed by atoms with van der Waals surface area (Å²) in [4.78, 5) is 11.8. The Morgan fingerprint density at radius 1 is 0.816 bits per heavy atom. The molecular formula is C30H28N8.